The van der Waals surface area contributed by atoms with E-state index in [2.05, 4.69) is 4.98 Å². The van der Waals surface area contributed by atoms with Gasteiger partial charge in [-0.25, -0.2) is 22.9 Å². The van der Waals surface area contributed by atoms with Crippen molar-refractivity contribution in [2.45, 2.75) is 0 Å². The molecule has 1 aromatic carbocycles. The molecule has 0 unspecified atom stereocenters. The van der Waals surface area contributed by atoms with Crippen LogP contribution in [0.4, 0.5) is 13.2 Å². The van der Waals surface area contributed by atoms with E-state index >= 15 is 0 Å². The second-order valence-electron chi connectivity index (χ2n) is 3.04. The fourth-order valence-electron chi connectivity index (χ4n) is 1.42. The largest absolute Gasteiger partial charge is 0.476 e. The highest BCUT2D eigenvalue weighted by Gasteiger charge is 2.19. The van der Waals surface area contributed by atoms with Crippen LogP contribution in [0.2, 0.25) is 0 Å². The van der Waals surface area contributed by atoms with Gasteiger partial charge in [-0.2, -0.15) is 0 Å². The van der Waals surface area contributed by atoms with Gasteiger partial charge >= 0.3 is 5.97 Å². The van der Waals surface area contributed by atoms with Crippen LogP contribution in [-0.2, 0) is 0 Å². The lowest BCUT2D eigenvalue weighted by molar-refractivity contribution is 0.0692. The highest BCUT2D eigenvalue weighted by molar-refractivity contribution is 6.02. The van der Waals surface area contributed by atoms with Gasteiger partial charge in [-0.3, -0.25) is 0 Å². The van der Waals surface area contributed by atoms with E-state index in [0.717, 1.165) is 12.3 Å². The van der Waals surface area contributed by atoms with Crippen LogP contribution < -0.4 is 0 Å². The molecule has 0 bridgehead atoms. The number of carbonyl (C=O) groups is 1. The Morgan fingerprint density at radius 3 is 2.56 bits per heavy atom. The summed E-state index contributed by atoms with van der Waals surface area (Å²) in [7, 11) is 0. The van der Waals surface area contributed by atoms with E-state index in [0.29, 0.717) is 6.07 Å². The topological polar surface area (TPSA) is 50.2 Å². The summed E-state index contributed by atoms with van der Waals surface area (Å²) in [5, 5.41) is 7.74. The minimum Gasteiger partial charge on any atom is -0.476 e. The van der Waals surface area contributed by atoms with Crippen molar-refractivity contribution in [2.75, 3.05) is 0 Å². The minimum absolute atomic E-state index is 0.314. The van der Waals surface area contributed by atoms with Gasteiger partial charge in [-0.15, -0.1) is 0 Å². The zero-order chi connectivity index (χ0) is 11.9. The van der Waals surface area contributed by atoms with Crippen LogP contribution in [-0.4, -0.2) is 16.1 Å². The van der Waals surface area contributed by atoms with Gasteiger partial charge in [-0.05, 0) is 6.07 Å². The number of hydrogen-bond acceptors (Lipinski definition) is 2. The van der Waals surface area contributed by atoms with Gasteiger partial charge in [0.2, 0.25) is 0 Å². The Morgan fingerprint density at radius 2 is 1.94 bits per heavy atom. The summed E-state index contributed by atoms with van der Waals surface area (Å²) in [6, 6.07) is 1.45. The third kappa shape index (κ3) is 1.39. The Labute approximate surface area is 87.2 Å². The zero-order valence-corrected chi connectivity index (χ0v) is 7.67. The average Bonchev–Trinajstić information content (AvgIpc) is 2.25. The average molecular weight is 227 g/mol. The van der Waals surface area contributed by atoms with Crippen LogP contribution in [0.15, 0.2) is 18.3 Å². The number of hydrogen-bond donors (Lipinski definition) is 1. The lowest BCUT2D eigenvalue weighted by Crippen LogP contribution is -2.04. The molecular weight excluding hydrogens is 223 g/mol. The van der Waals surface area contributed by atoms with Gasteiger partial charge in [0.25, 0.3) is 0 Å². The van der Waals surface area contributed by atoms with Crippen LogP contribution in [0.25, 0.3) is 10.8 Å². The molecule has 0 radical (unpaired) electrons. The molecular formula is C10H4F3NO2. The van der Waals surface area contributed by atoms with Gasteiger partial charge in [0.05, 0.1) is 5.39 Å². The summed E-state index contributed by atoms with van der Waals surface area (Å²) < 4.78 is 39.5. The van der Waals surface area contributed by atoms with Crippen LogP contribution in [0.5, 0.6) is 0 Å². The number of nitrogens with zero attached hydrogens (tertiary/aromatic N) is 1. The molecule has 16 heavy (non-hydrogen) atoms. The SMILES string of the molecule is O=C(O)c1nccc2c(F)cc(F)c(F)c12. The van der Waals surface area contributed by atoms with Gasteiger partial charge in [0, 0.05) is 17.6 Å². The molecule has 2 aromatic rings. The first-order valence-electron chi connectivity index (χ1n) is 4.18. The molecule has 3 nitrogen and oxygen atoms in total. The van der Waals surface area contributed by atoms with E-state index < -0.39 is 34.5 Å². The highest BCUT2D eigenvalue weighted by Crippen LogP contribution is 2.25. The summed E-state index contributed by atoms with van der Waals surface area (Å²) in [5.41, 5.74) is -0.714. The Hall–Kier alpha value is -2.11. The van der Waals surface area contributed by atoms with E-state index in [-0.39, 0.29) is 5.39 Å². The molecule has 0 fully saturated rings. The molecule has 0 amide bonds. The number of fused-ring (bicyclic) bond motifs is 1. The molecule has 0 atom stereocenters. The normalized spacial score (nSPS) is 10.7. The van der Waals surface area contributed by atoms with Crippen molar-refractivity contribution < 1.29 is 23.1 Å². The van der Waals surface area contributed by atoms with E-state index in [1.807, 2.05) is 0 Å². The molecule has 1 heterocycles. The fraction of sp³-hybridized carbons (Fsp3) is 0. The van der Waals surface area contributed by atoms with Crippen molar-refractivity contribution in [3.8, 4) is 0 Å². The third-order valence-corrected chi connectivity index (χ3v) is 2.09. The summed E-state index contributed by atoms with van der Waals surface area (Å²) in [4.78, 5) is 14.1. The number of pyridine rings is 1. The van der Waals surface area contributed by atoms with Crippen molar-refractivity contribution in [3.05, 3.63) is 41.5 Å². The lowest BCUT2D eigenvalue weighted by Gasteiger charge is -2.04. The highest BCUT2D eigenvalue weighted by atomic mass is 19.2. The van der Waals surface area contributed by atoms with E-state index in [1.54, 1.807) is 0 Å². The first-order valence-corrected chi connectivity index (χ1v) is 4.18. The molecule has 1 N–H and O–H groups in total. The van der Waals surface area contributed by atoms with Crippen LogP contribution in [0, 0.1) is 17.5 Å². The smallest absolute Gasteiger partial charge is 0.355 e. The Kier molecular flexibility index (Phi) is 2.26. The molecule has 0 aliphatic heterocycles. The molecule has 6 heteroatoms. The Morgan fingerprint density at radius 1 is 1.25 bits per heavy atom. The van der Waals surface area contributed by atoms with Crippen LogP contribution >= 0.6 is 0 Å². The summed E-state index contributed by atoms with van der Waals surface area (Å²) in [5.74, 6) is -5.43. The van der Waals surface area contributed by atoms with Crippen molar-refractivity contribution in [1.29, 1.82) is 0 Å². The monoisotopic (exact) mass is 227 g/mol. The van der Waals surface area contributed by atoms with Crippen molar-refractivity contribution in [3.63, 3.8) is 0 Å². The van der Waals surface area contributed by atoms with Gasteiger partial charge in [0.15, 0.2) is 17.3 Å². The predicted molar refractivity (Wildman–Crippen MR) is 48.6 cm³/mol. The first-order chi connectivity index (χ1) is 7.52. The maximum Gasteiger partial charge on any atom is 0.355 e. The van der Waals surface area contributed by atoms with Gasteiger partial charge in [0.1, 0.15) is 5.82 Å². The van der Waals surface area contributed by atoms with Crippen LogP contribution in [0.1, 0.15) is 10.5 Å². The molecule has 0 saturated carbocycles. The molecule has 0 saturated heterocycles. The van der Waals surface area contributed by atoms with E-state index in [4.69, 9.17) is 5.11 Å². The minimum atomic E-state index is -1.55. The quantitative estimate of drug-likeness (QED) is 0.760. The van der Waals surface area contributed by atoms with Gasteiger partial charge in [-0.1, -0.05) is 0 Å². The predicted octanol–water partition coefficient (Wildman–Crippen LogP) is 2.35. The van der Waals surface area contributed by atoms with Crippen LogP contribution in [0.3, 0.4) is 0 Å². The Balaban J connectivity index is 3.01. The molecule has 0 aliphatic rings. The number of carboxylic acids is 1. The van der Waals surface area contributed by atoms with Gasteiger partial charge < -0.3 is 5.11 Å². The second kappa shape index (κ2) is 3.48. The maximum absolute atomic E-state index is 13.4. The fourth-order valence-corrected chi connectivity index (χ4v) is 1.42. The number of benzene rings is 1. The number of aromatic carboxylic acids is 1. The van der Waals surface area contributed by atoms with Crippen molar-refractivity contribution >= 4 is 16.7 Å². The standard InChI is InChI=1S/C10H4F3NO2/c11-5-3-6(12)8(13)7-4(5)1-2-14-9(7)10(15)16/h1-3H,(H,15,16). The summed E-state index contributed by atoms with van der Waals surface area (Å²) >= 11 is 0. The van der Waals surface area contributed by atoms with E-state index in [9.17, 15) is 18.0 Å². The lowest BCUT2D eigenvalue weighted by atomic mass is 10.1. The molecule has 0 aliphatic carbocycles. The summed E-state index contributed by atoms with van der Waals surface area (Å²) in [6.07, 6.45) is 1.02. The van der Waals surface area contributed by atoms with Crippen molar-refractivity contribution in [1.82, 2.24) is 4.98 Å². The first kappa shape index (κ1) is 10.4. The maximum atomic E-state index is 13.4. The summed E-state index contributed by atoms with van der Waals surface area (Å²) in [6.45, 7) is 0. The molecule has 1 aromatic heterocycles. The molecule has 82 valence electrons. The zero-order valence-electron chi connectivity index (χ0n) is 7.67. The second-order valence-corrected chi connectivity index (χ2v) is 3.04. The third-order valence-electron chi connectivity index (χ3n) is 2.09. The van der Waals surface area contributed by atoms with Crippen molar-refractivity contribution in [2.24, 2.45) is 0 Å². The Bertz CT molecular complexity index is 598. The number of carboxylic acid groups (broad SMARTS) is 1. The number of aromatic nitrogens is 1. The van der Waals surface area contributed by atoms with E-state index in [1.165, 1.54) is 0 Å². The molecule has 0 spiro atoms. The molecule has 2 rings (SSSR count). The number of rotatable bonds is 1. The number of halogens is 3.